The summed E-state index contributed by atoms with van der Waals surface area (Å²) in [6.07, 6.45) is 1.87. The van der Waals surface area contributed by atoms with Crippen molar-refractivity contribution in [2.24, 2.45) is 0 Å². The van der Waals surface area contributed by atoms with E-state index in [9.17, 15) is 24.4 Å². The van der Waals surface area contributed by atoms with E-state index in [1.54, 1.807) is 60.7 Å². The summed E-state index contributed by atoms with van der Waals surface area (Å²) >= 11 is 0. The molecule has 2 heterocycles. The first-order valence-corrected chi connectivity index (χ1v) is 19.2. The lowest BCUT2D eigenvalue weighted by Crippen LogP contribution is -2.36. The predicted octanol–water partition coefficient (Wildman–Crippen LogP) is 6.86. The maximum Gasteiger partial charge on any atom is 0.349 e. The lowest BCUT2D eigenvalue weighted by molar-refractivity contribution is -0.150. The van der Waals surface area contributed by atoms with Crippen LogP contribution in [0.4, 0.5) is 0 Å². The second-order valence-corrected chi connectivity index (χ2v) is 13.5. The zero-order chi connectivity index (χ0) is 43.0. The third-order valence-electron chi connectivity index (χ3n) is 9.29. The number of carbonyl (C=O) groups is 4. The molecule has 4 aromatic rings. The summed E-state index contributed by atoms with van der Waals surface area (Å²) < 4.78 is 44.7. The van der Waals surface area contributed by atoms with Crippen molar-refractivity contribution in [2.45, 2.75) is 43.9 Å². The molecule has 0 N–H and O–H groups in total. The number of fused-ring (bicyclic) bond motifs is 1. The number of rotatable bonds is 18. The van der Waals surface area contributed by atoms with Crippen LogP contribution < -0.4 is 14.2 Å². The van der Waals surface area contributed by atoms with Crippen LogP contribution >= 0.6 is 0 Å². The van der Waals surface area contributed by atoms with Crippen molar-refractivity contribution >= 4 is 36.0 Å². The highest BCUT2D eigenvalue weighted by Gasteiger charge is 2.51. The number of benzene rings is 4. The summed E-state index contributed by atoms with van der Waals surface area (Å²) in [6.45, 7) is 11.9. The van der Waals surface area contributed by atoms with E-state index in [4.69, 9.17) is 44.5 Å². The minimum atomic E-state index is -0.906. The smallest absolute Gasteiger partial charge is 0.349 e. The van der Waals surface area contributed by atoms with E-state index in [2.05, 4.69) is 11.4 Å². The first-order valence-electron chi connectivity index (χ1n) is 19.2. The molecule has 2 aliphatic heterocycles. The van der Waals surface area contributed by atoms with E-state index in [0.717, 1.165) is 11.6 Å². The number of ether oxygens (including phenoxy) is 8. The van der Waals surface area contributed by atoms with Gasteiger partial charge in [-0.3, -0.25) is 4.79 Å². The summed E-state index contributed by atoms with van der Waals surface area (Å²) in [5.41, 5.74) is 1.84. The summed E-state index contributed by atoms with van der Waals surface area (Å²) in [6, 6.07) is 31.1. The van der Waals surface area contributed by atoms with Gasteiger partial charge < -0.3 is 37.9 Å². The van der Waals surface area contributed by atoms with Gasteiger partial charge in [-0.1, -0.05) is 61.2 Å². The Hall–Kier alpha value is -7.52. The van der Waals surface area contributed by atoms with Gasteiger partial charge in [0.15, 0.2) is 12.2 Å². The van der Waals surface area contributed by atoms with Gasteiger partial charge in [0.1, 0.15) is 47.7 Å². The third-order valence-corrected chi connectivity index (χ3v) is 9.29. The van der Waals surface area contributed by atoms with E-state index < -0.39 is 48.3 Å². The van der Waals surface area contributed by atoms with Crippen molar-refractivity contribution in [3.05, 3.63) is 161 Å². The van der Waals surface area contributed by atoms with E-state index >= 15 is 0 Å². The molecule has 14 heteroatoms. The van der Waals surface area contributed by atoms with E-state index in [1.807, 2.05) is 36.4 Å². The second-order valence-electron chi connectivity index (χ2n) is 13.5. The fourth-order valence-electron chi connectivity index (χ4n) is 6.14. The fraction of sp³-hybridized carbons (Fsp3) is 0.234. The highest BCUT2D eigenvalue weighted by atomic mass is 16.7. The number of carbonyl (C=O) groups excluding carboxylic acids is 4. The number of unbranched alkanes of at least 4 members (excludes halogenated alkanes) is 1. The Morgan fingerprint density at radius 3 is 1.93 bits per heavy atom. The number of hydrogen-bond acceptors (Lipinski definition) is 13. The molecule has 0 aliphatic carbocycles. The van der Waals surface area contributed by atoms with Crippen molar-refractivity contribution < 1.29 is 57.1 Å². The Morgan fingerprint density at radius 1 is 0.738 bits per heavy atom. The van der Waals surface area contributed by atoms with Crippen LogP contribution in [-0.2, 0) is 44.7 Å². The second kappa shape index (κ2) is 21.5. The Balaban J connectivity index is 0.948. The Labute approximate surface area is 351 Å². The normalized spacial score (nSPS) is 18.1. The van der Waals surface area contributed by atoms with Gasteiger partial charge in [-0.15, -0.1) is 0 Å². The molecule has 0 bridgehead atoms. The number of nitrogens with zero attached hydrogens (tertiary/aromatic N) is 2. The Bertz CT molecular complexity index is 2330. The van der Waals surface area contributed by atoms with Crippen LogP contribution in [0, 0.1) is 17.9 Å². The molecule has 0 spiro atoms. The molecular weight excluding hydrogens is 785 g/mol. The molecule has 2 fully saturated rings. The lowest BCUT2D eigenvalue weighted by Gasteiger charge is -2.17. The van der Waals surface area contributed by atoms with Crippen LogP contribution in [0.2, 0.25) is 0 Å². The minimum absolute atomic E-state index is 0.0529. The average molecular weight is 825 g/mol. The fourth-order valence-corrected chi connectivity index (χ4v) is 6.14. The maximum atomic E-state index is 13.1. The molecule has 0 amide bonds. The van der Waals surface area contributed by atoms with Gasteiger partial charge in [0.2, 0.25) is 0 Å². The molecule has 0 radical (unpaired) electrons. The van der Waals surface area contributed by atoms with Crippen LogP contribution in [0.25, 0.3) is 17.0 Å². The average Bonchev–Trinajstić information content (AvgIpc) is 3.88. The van der Waals surface area contributed by atoms with Gasteiger partial charge in [-0.25, -0.2) is 19.2 Å². The molecule has 2 unspecified atom stereocenters. The van der Waals surface area contributed by atoms with Gasteiger partial charge in [0, 0.05) is 6.08 Å². The number of nitriles is 1. The molecule has 0 saturated carbocycles. The van der Waals surface area contributed by atoms with Gasteiger partial charge in [-0.2, -0.15) is 5.26 Å². The molecule has 61 heavy (non-hydrogen) atoms. The van der Waals surface area contributed by atoms with Crippen molar-refractivity contribution in [2.75, 3.05) is 26.4 Å². The summed E-state index contributed by atoms with van der Waals surface area (Å²) in [7, 11) is 0. The van der Waals surface area contributed by atoms with Gasteiger partial charge in [0.05, 0.1) is 38.6 Å². The molecule has 2 saturated heterocycles. The topological polar surface area (TPSA) is 170 Å². The Kier molecular flexibility index (Phi) is 15.2. The van der Waals surface area contributed by atoms with Gasteiger partial charge >= 0.3 is 23.9 Å². The summed E-state index contributed by atoms with van der Waals surface area (Å²) in [5.74, 6) is -1.40. The molecule has 4 atom stereocenters. The van der Waals surface area contributed by atoms with Crippen LogP contribution in [0.15, 0.2) is 127 Å². The van der Waals surface area contributed by atoms with Crippen molar-refractivity contribution in [3.8, 4) is 23.3 Å². The largest absolute Gasteiger partial charge is 0.494 e. The molecule has 6 rings (SSSR count). The first-order chi connectivity index (χ1) is 29.7. The van der Waals surface area contributed by atoms with E-state index in [1.165, 1.54) is 24.3 Å². The van der Waals surface area contributed by atoms with E-state index in [-0.39, 0.29) is 36.8 Å². The predicted molar refractivity (Wildman–Crippen MR) is 218 cm³/mol. The van der Waals surface area contributed by atoms with Crippen LogP contribution in [-0.4, -0.2) is 74.7 Å². The van der Waals surface area contributed by atoms with Crippen LogP contribution in [0.1, 0.15) is 39.9 Å². The number of esters is 4. The van der Waals surface area contributed by atoms with Crippen molar-refractivity contribution in [1.82, 2.24) is 0 Å². The molecule has 0 aromatic heterocycles. The lowest BCUT2D eigenvalue weighted by atomic mass is 10.1. The highest BCUT2D eigenvalue weighted by molar-refractivity contribution is 5.98. The monoisotopic (exact) mass is 824 g/mol. The SMILES string of the molecule is [C-]#[N+]/C(=C\c1ccc(OC(=O)c2ccc(OCCCCOC(=O)C=C)cc2)cc1)C(=O)O[C@@H]1COC2C1OC[C@H]2OC(=O)/C(C#N)=C/c1ccc(OCc2ccccc2)cc1. The molecular formula is C47H40N2O12. The Morgan fingerprint density at radius 2 is 1.31 bits per heavy atom. The van der Waals surface area contributed by atoms with Crippen molar-refractivity contribution in [3.63, 3.8) is 0 Å². The number of hydrogen-bond donors (Lipinski definition) is 0. The maximum absolute atomic E-state index is 13.1. The van der Waals surface area contributed by atoms with Crippen LogP contribution in [0.3, 0.4) is 0 Å². The zero-order valence-corrected chi connectivity index (χ0v) is 32.8. The van der Waals surface area contributed by atoms with Gasteiger partial charge in [0.25, 0.3) is 5.70 Å². The summed E-state index contributed by atoms with van der Waals surface area (Å²) in [5, 5.41) is 9.73. The molecule has 14 nitrogen and oxygen atoms in total. The third kappa shape index (κ3) is 12.3. The zero-order valence-electron chi connectivity index (χ0n) is 32.8. The molecule has 2 aliphatic rings. The minimum Gasteiger partial charge on any atom is -0.494 e. The standard InChI is InChI=1S/C47H40N2O12/c1-3-42(50)55-24-8-7-23-54-36-21-15-34(16-22-36)45(51)59-38-19-13-32(14-20-38)26-39(49-2)47(53)61-41-30-58-43-40(29-57-44(41)43)60-46(52)35(27-48)25-31-11-17-37(18-12-31)56-28-33-9-5-4-6-10-33/h3-6,9-22,25-26,40-41,43-44H,1,7-8,23-24,28-30H2/b35-25+,39-26-/t40-,41-,43?,44?/m1/s1. The van der Waals surface area contributed by atoms with Crippen molar-refractivity contribution in [1.29, 1.82) is 5.26 Å². The first kappa shape index (κ1) is 43.1. The summed E-state index contributed by atoms with van der Waals surface area (Å²) in [4.78, 5) is 53.2. The van der Waals surface area contributed by atoms with Gasteiger partial charge in [-0.05, 0) is 90.2 Å². The molecule has 4 aromatic carbocycles. The van der Waals surface area contributed by atoms with Crippen LogP contribution in [0.5, 0.6) is 17.2 Å². The highest BCUT2D eigenvalue weighted by Crippen LogP contribution is 2.32. The van der Waals surface area contributed by atoms with E-state index in [0.29, 0.717) is 54.2 Å². The quantitative estimate of drug-likeness (QED) is 0.0194. The molecule has 310 valence electrons.